The zero-order valence-electron chi connectivity index (χ0n) is 71.0. The highest BCUT2D eigenvalue weighted by Crippen LogP contribution is 2.35. The van der Waals surface area contributed by atoms with E-state index in [1.54, 1.807) is 4.90 Å². The summed E-state index contributed by atoms with van der Waals surface area (Å²) in [5.74, 6) is -3.92. The van der Waals surface area contributed by atoms with E-state index < -0.39 is 316 Å². The lowest BCUT2D eigenvalue weighted by molar-refractivity contribution is -0.366. The molecule has 52 heteroatoms. The Morgan fingerprint density at radius 2 is 0.612 bits per heavy atom. The number of nitrogens with one attached hydrogen (secondary N) is 3. The normalized spacial score (nSPS) is 37.6. The number of hydrogen-bond donors (Lipinski definition) is 27. The molecule has 8 aliphatic rings. The van der Waals surface area contributed by atoms with Gasteiger partial charge in [-0.2, -0.15) is 0 Å². The molecule has 0 aromatic rings. The van der Waals surface area contributed by atoms with Crippen molar-refractivity contribution in [1.29, 1.82) is 0 Å². The maximum atomic E-state index is 13.6. The first-order valence-corrected chi connectivity index (χ1v) is 43.3. The van der Waals surface area contributed by atoms with Gasteiger partial charge < -0.3 is 210 Å². The molecule has 0 saturated carbocycles. The Kier molecular flexibility index (Phi) is 46.4. The fourth-order valence-corrected chi connectivity index (χ4v) is 15.3. The van der Waals surface area contributed by atoms with Crippen molar-refractivity contribution >= 4 is 41.3 Å². The lowest BCUT2D eigenvalue weighted by Crippen LogP contribution is -2.65. The minimum Gasteiger partial charge on any atom is -0.394 e. The fourth-order valence-electron chi connectivity index (χ4n) is 15.3. The van der Waals surface area contributed by atoms with Crippen LogP contribution in [-0.4, -0.2) is 519 Å². The van der Waals surface area contributed by atoms with Crippen LogP contribution in [0.3, 0.4) is 0 Å². The van der Waals surface area contributed by atoms with Gasteiger partial charge >= 0.3 is 5.97 Å². The fraction of sp³-hybridized carbons (Fsp3) is 0.909. The first-order chi connectivity index (χ1) is 61.6. The first kappa shape index (κ1) is 109. The summed E-state index contributed by atoms with van der Waals surface area (Å²) in [6.45, 7) is -6.84. The molecule has 8 aliphatic heterocycles. The lowest BCUT2D eigenvalue weighted by atomic mass is 9.96. The van der Waals surface area contributed by atoms with Gasteiger partial charge in [0.2, 0.25) is 17.7 Å². The number of ether oxygens (including phenoxy) is 14. The van der Waals surface area contributed by atoms with Crippen LogP contribution >= 0.6 is 0 Å². The second-order valence-electron chi connectivity index (χ2n) is 32.8. The predicted molar refractivity (Wildman–Crippen MR) is 418 cm³/mol. The number of carbonyl (C=O) groups excluding carboxylic acids is 7. The summed E-state index contributed by atoms with van der Waals surface area (Å²) >= 11 is 0. The average molecular weight is 1880 g/mol. The molecule has 129 heavy (non-hydrogen) atoms. The Morgan fingerprint density at radius 1 is 0.310 bits per heavy atom. The molecule has 27 N–H and O–H groups in total. The lowest BCUT2D eigenvalue weighted by Gasteiger charge is -2.46. The molecule has 0 aromatic heterocycles. The third-order valence-corrected chi connectivity index (χ3v) is 23.1. The van der Waals surface area contributed by atoms with E-state index in [1.165, 1.54) is 4.90 Å². The van der Waals surface area contributed by atoms with Crippen LogP contribution in [0.15, 0.2) is 0 Å². The number of ketones is 1. The summed E-state index contributed by atoms with van der Waals surface area (Å²) in [7, 11) is 0. The molecule has 35 atom stereocenters. The van der Waals surface area contributed by atoms with Crippen molar-refractivity contribution in [1.82, 2.24) is 30.8 Å². The number of imide groups is 1. The summed E-state index contributed by atoms with van der Waals surface area (Å²) in [5.41, 5.74) is 0. The standard InChI is InChI=1S/C77H132N6O46/c84-29-37-50(96)57(103)62(108)71(120-37)116-24-21-81(22-25-117-75-68(114)70(128-77-66(112)61(107)54(100)41(33-88)124-77)56(102)43(126-75)35-119-73-64(110)59(105)52(98)39(31-86)122-73)20-10-2-1-7-17-78-44(90)26-82(28-46(92)80-19-9-4-6-14-49(95)129-83-47(93)15-16-48(83)94)27-45(91)79-18-8-3-5-12-36(89)13-11-23-115-74-67(113)69(127-76-65(111)60(106)53(99)40(32-87)123-76)55(101)42(125-74)34-118-72-63(109)58(104)51(97)38(30-85)121-72/h37-43,50-77,84-88,96-114H,1-35H2,(H,78,90)(H,79,91)(H,80,92)/t37-,38-,39-,40-,41-,42-,43-,50-,51-,52-,53-,54-,55-,56-,57+,58+,59+,60+,61+,62+,63+,64+,65+,66+,67+,68+,69+,70+,71-,72+,73+,74+,75+,76-,77-/m1/s1. The SMILES string of the molecule is O=C(CCCCCNC(=O)CN(CC(=O)NCCCCCCN(CCO[C@@H]1O[C@H](CO)[C@@H](O)[C@H](O)[C@@H]1O)CCO[C@H]1O[C@H](CO[C@H]2O[C@H](CO)[C@@H](O)[C@H](O)[C@@H]2O)[C@@H](O)[C@H](O[C@H]2O[C@H](CO)[C@@H](O)[C@H](O)[C@@H]2O)[C@@H]1O)CC(=O)NCCCCCC(=O)ON1C(=O)CCC1=O)CCCO[C@H]1O[C@H](CO[C@H]2O[C@H](CO)[C@@H](O)[C@H](O)[C@@H]2O)[C@@H](O)[C@H](O[C@H]2O[C@H](CO)[C@@H](O)[C@H](O)[C@@H]2O)[C@@H]1O. The van der Waals surface area contributed by atoms with Gasteiger partial charge in [-0.05, 0) is 51.5 Å². The van der Waals surface area contributed by atoms with Gasteiger partial charge in [0, 0.05) is 64.8 Å². The Labute approximate surface area is 739 Å². The van der Waals surface area contributed by atoms with E-state index in [4.69, 9.17) is 71.2 Å². The number of hydrogen-bond acceptors (Lipinski definition) is 48. The number of aliphatic hydroxyl groups is 24. The monoisotopic (exact) mass is 1880 g/mol. The highest BCUT2D eigenvalue weighted by Gasteiger charge is 2.56. The van der Waals surface area contributed by atoms with E-state index in [-0.39, 0.29) is 110 Å². The van der Waals surface area contributed by atoms with Crippen LogP contribution in [0.25, 0.3) is 0 Å². The maximum absolute atomic E-state index is 13.6. The van der Waals surface area contributed by atoms with Gasteiger partial charge in [-0.3, -0.25) is 38.6 Å². The van der Waals surface area contributed by atoms with E-state index in [2.05, 4.69) is 16.0 Å². The molecular formula is C77H132N6O46. The summed E-state index contributed by atoms with van der Waals surface area (Å²) in [6, 6.07) is 0. The quantitative estimate of drug-likeness (QED) is 0.0199. The van der Waals surface area contributed by atoms with Gasteiger partial charge in [-0.15, -0.1) is 5.06 Å². The van der Waals surface area contributed by atoms with Crippen molar-refractivity contribution < 1.29 is 227 Å². The van der Waals surface area contributed by atoms with Crippen molar-refractivity contribution in [2.75, 3.05) is 125 Å². The molecule has 0 bridgehead atoms. The molecular weight excluding hydrogens is 1740 g/mol. The second kappa shape index (κ2) is 54.7. The summed E-state index contributed by atoms with van der Waals surface area (Å²) < 4.78 is 79.4. The van der Waals surface area contributed by atoms with Crippen LogP contribution in [0, 0.1) is 0 Å². The zero-order chi connectivity index (χ0) is 94.5. The van der Waals surface area contributed by atoms with Crippen molar-refractivity contribution in [3.63, 3.8) is 0 Å². The number of rotatable bonds is 54. The molecule has 8 saturated heterocycles. The number of Topliss-reactive ketones (excluding diaryl/α,β-unsaturated/α-hetero) is 1. The molecule has 0 radical (unpaired) electrons. The Hall–Kier alpha value is -4.91. The van der Waals surface area contributed by atoms with Crippen LogP contribution < -0.4 is 16.0 Å². The van der Waals surface area contributed by atoms with Crippen molar-refractivity contribution in [2.24, 2.45) is 0 Å². The number of nitrogens with zero attached hydrogens (tertiary/aromatic N) is 3. The van der Waals surface area contributed by atoms with Gasteiger partial charge in [0.25, 0.3) is 11.8 Å². The summed E-state index contributed by atoms with van der Waals surface area (Å²) in [6.07, 6.45) is -57.2. The number of carbonyl (C=O) groups is 7. The Bertz CT molecular complexity index is 3320. The van der Waals surface area contributed by atoms with Crippen molar-refractivity contribution in [3.8, 4) is 0 Å². The molecule has 0 unspecified atom stereocenters. The minimum atomic E-state index is -2.02. The second-order valence-corrected chi connectivity index (χ2v) is 32.8. The third kappa shape index (κ3) is 31.6. The van der Waals surface area contributed by atoms with E-state index in [1.807, 2.05) is 0 Å². The molecule has 0 aliphatic carbocycles. The van der Waals surface area contributed by atoms with E-state index in [9.17, 15) is 156 Å². The molecule has 8 fully saturated rings. The van der Waals surface area contributed by atoms with E-state index >= 15 is 0 Å². The number of unbranched alkanes of at least 4 members (excludes halogenated alkanes) is 7. The van der Waals surface area contributed by atoms with Crippen LogP contribution in [0.5, 0.6) is 0 Å². The Balaban J connectivity index is 0.808. The van der Waals surface area contributed by atoms with Gasteiger partial charge in [0.15, 0.2) is 44.0 Å². The van der Waals surface area contributed by atoms with Crippen molar-refractivity contribution in [3.05, 3.63) is 0 Å². The molecule has 0 spiro atoms. The first-order valence-electron chi connectivity index (χ1n) is 43.3. The van der Waals surface area contributed by atoms with Gasteiger partial charge in [0.05, 0.1) is 85.7 Å². The number of hydroxylamine groups is 2. The highest BCUT2D eigenvalue weighted by molar-refractivity contribution is 6.01. The van der Waals surface area contributed by atoms with Crippen LogP contribution in [0.2, 0.25) is 0 Å². The van der Waals surface area contributed by atoms with Crippen LogP contribution in [0.4, 0.5) is 0 Å². The molecule has 0 aromatic carbocycles. The van der Waals surface area contributed by atoms with Gasteiger partial charge in [-0.25, -0.2) is 4.79 Å². The van der Waals surface area contributed by atoms with Crippen LogP contribution in [-0.2, 0) is 105 Å². The Morgan fingerprint density at radius 3 is 0.984 bits per heavy atom. The molecule has 8 heterocycles. The molecule has 8 rings (SSSR count). The average Bonchev–Trinajstić information content (AvgIpc) is 1.73. The van der Waals surface area contributed by atoms with Crippen molar-refractivity contribution in [2.45, 2.75) is 318 Å². The van der Waals surface area contributed by atoms with E-state index in [0.717, 1.165) is 0 Å². The zero-order valence-corrected chi connectivity index (χ0v) is 71.0. The van der Waals surface area contributed by atoms with E-state index in [0.29, 0.717) is 62.9 Å². The third-order valence-electron chi connectivity index (χ3n) is 23.1. The summed E-state index contributed by atoms with van der Waals surface area (Å²) in [4.78, 5) is 97.5. The number of aliphatic hydroxyl groups excluding tert-OH is 24. The molecule has 52 nitrogen and oxygen atoms in total. The topological polar surface area (TPSA) is 789 Å². The highest BCUT2D eigenvalue weighted by atomic mass is 16.8. The van der Waals surface area contributed by atoms with Gasteiger partial charge in [-0.1, -0.05) is 25.7 Å². The minimum absolute atomic E-state index is 0.00375. The maximum Gasteiger partial charge on any atom is 0.333 e. The molecule has 746 valence electrons. The predicted octanol–water partition coefficient (Wildman–Crippen LogP) is -15.7. The molecule has 5 amide bonds. The smallest absolute Gasteiger partial charge is 0.333 e. The van der Waals surface area contributed by atoms with Gasteiger partial charge in [0.1, 0.15) is 177 Å². The number of amides is 5. The largest absolute Gasteiger partial charge is 0.394 e. The summed E-state index contributed by atoms with van der Waals surface area (Å²) in [5, 5.41) is 261. The van der Waals surface area contributed by atoms with Crippen LogP contribution in [0.1, 0.15) is 103 Å².